The van der Waals surface area contributed by atoms with Gasteiger partial charge in [-0.3, -0.25) is 0 Å². The van der Waals surface area contributed by atoms with Crippen molar-refractivity contribution in [1.82, 2.24) is 29.5 Å². The lowest BCUT2D eigenvalue weighted by atomic mass is 9.88. The van der Waals surface area contributed by atoms with Gasteiger partial charge in [0.05, 0.1) is 16.2 Å². The molecule has 198 valence electrons. The van der Waals surface area contributed by atoms with Crippen molar-refractivity contribution in [3.63, 3.8) is 0 Å². The molecular formula is C23H23F5N6O2S. The Morgan fingerprint density at radius 2 is 1.89 bits per heavy atom. The summed E-state index contributed by atoms with van der Waals surface area (Å²) in [7, 11) is -4.61. The molecule has 0 saturated heterocycles. The zero-order chi connectivity index (χ0) is 26.6. The minimum Gasteiger partial charge on any atom is -0.314 e. The molecule has 0 radical (unpaired) electrons. The van der Waals surface area contributed by atoms with E-state index in [2.05, 4.69) is 24.9 Å². The van der Waals surface area contributed by atoms with Crippen LogP contribution in [0.3, 0.4) is 0 Å². The molecule has 2 aromatic heterocycles. The van der Waals surface area contributed by atoms with Crippen molar-refractivity contribution in [3.05, 3.63) is 54.0 Å². The van der Waals surface area contributed by atoms with Crippen LogP contribution in [0.5, 0.6) is 0 Å². The van der Waals surface area contributed by atoms with Crippen molar-refractivity contribution < 1.29 is 30.4 Å². The second kappa shape index (κ2) is 9.08. The Hall–Kier alpha value is -3.00. The van der Waals surface area contributed by atoms with Gasteiger partial charge in [-0.2, -0.15) is 13.2 Å². The second-order valence-electron chi connectivity index (χ2n) is 9.58. The predicted octanol–water partition coefficient (Wildman–Crippen LogP) is 4.65. The molecule has 2 saturated carbocycles. The van der Waals surface area contributed by atoms with Gasteiger partial charge in [0.15, 0.2) is 0 Å². The molecule has 14 heteroatoms. The van der Waals surface area contributed by atoms with E-state index < -0.39 is 57.5 Å². The number of hydrogen-bond acceptors (Lipinski definition) is 6. The smallest absolute Gasteiger partial charge is 0.314 e. The topological polar surface area (TPSA) is 103 Å². The SMILES string of the molecule is Cc1nncn1[C@H]1C[C@@H](NS(=O)(=O)c2cc(-c3ccnc(C4CC4)n3)cc(C(F)(F)F)c2)CC(F)(F)C1. The highest BCUT2D eigenvalue weighted by Crippen LogP contribution is 2.41. The highest BCUT2D eigenvalue weighted by molar-refractivity contribution is 7.89. The molecule has 2 atom stereocenters. The number of aryl methyl sites for hydroxylation is 1. The van der Waals surface area contributed by atoms with Gasteiger partial charge in [0.25, 0.3) is 5.92 Å². The lowest BCUT2D eigenvalue weighted by Crippen LogP contribution is -2.45. The van der Waals surface area contributed by atoms with Crippen LogP contribution < -0.4 is 4.72 Å². The highest BCUT2D eigenvalue weighted by Gasteiger charge is 2.44. The van der Waals surface area contributed by atoms with Crippen molar-refractivity contribution in [3.8, 4) is 11.3 Å². The standard InChI is InChI=1S/C23H23F5N6O2S/c1-13-32-30-12-34(13)18-9-17(10-22(24,25)11-18)33-37(35,36)19-7-15(6-16(8-19)23(26,27)28)20-4-5-29-21(31-20)14-2-3-14/h4-8,12,14,17-18,33H,2-3,9-11H2,1H3/t17-,18+/m1/s1. The third kappa shape index (κ3) is 5.64. The fourth-order valence-electron chi connectivity index (χ4n) is 4.67. The third-order valence-electron chi connectivity index (χ3n) is 6.56. The second-order valence-corrected chi connectivity index (χ2v) is 11.3. The number of hydrogen-bond donors (Lipinski definition) is 1. The van der Waals surface area contributed by atoms with Crippen LogP contribution in [-0.2, 0) is 16.2 Å². The maximum atomic E-state index is 14.6. The molecule has 2 aliphatic rings. The summed E-state index contributed by atoms with van der Waals surface area (Å²) in [5.41, 5.74) is -1.11. The zero-order valence-corrected chi connectivity index (χ0v) is 20.4. The summed E-state index contributed by atoms with van der Waals surface area (Å²) in [6.07, 6.45) is -1.71. The summed E-state index contributed by atoms with van der Waals surface area (Å²) in [5, 5.41) is 7.49. The normalized spacial score (nSPS) is 22.2. The minimum absolute atomic E-state index is 0.00379. The summed E-state index contributed by atoms with van der Waals surface area (Å²) < 4.78 is 100. The van der Waals surface area contributed by atoms with Crippen LogP contribution in [0.2, 0.25) is 0 Å². The first kappa shape index (κ1) is 25.6. The van der Waals surface area contributed by atoms with E-state index in [4.69, 9.17) is 0 Å². The summed E-state index contributed by atoms with van der Waals surface area (Å²) in [4.78, 5) is 7.79. The molecule has 3 aromatic rings. The summed E-state index contributed by atoms with van der Waals surface area (Å²) in [5.74, 6) is -2.20. The Balaban J connectivity index is 1.48. The van der Waals surface area contributed by atoms with Crippen LogP contribution in [0.25, 0.3) is 11.3 Å². The molecule has 2 heterocycles. The van der Waals surface area contributed by atoms with E-state index >= 15 is 0 Å². The Bertz CT molecular complexity index is 1420. The number of nitrogens with zero attached hydrogens (tertiary/aromatic N) is 5. The number of aromatic nitrogens is 5. The average molecular weight is 543 g/mol. The lowest BCUT2D eigenvalue weighted by molar-refractivity contribution is -0.137. The first-order valence-corrected chi connectivity index (χ1v) is 13.1. The predicted molar refractivity (Wildman–Crippen MR) is 121 cm³/mol. The summed E-state index contributed by atoms with van der Waals surface area (Å²) >= 11 is 0. The Labute approximate surface area is 209 Å². The number of nitrogens with one attached hydrogen (secondary N) is 1. The van der Waals surface area contributed by atoms with Gasteiger partial charge in [0, 0.05) is 42.6 Å². The van der Waals surface area contributed by atoms with Crippen LogP contribution in [0.1, 0.15) is 61.3 Å². The number of rotatable bonds is 6. The molecule has 8 nitrogen and oxygen atoms in total. The molecule has 0 unspecified atom stereocenters. The number of sulfonamides is 1. The maximum Gasteiger partial charge on any atom is 0.416 e. The van der Waals surface area contributed by atoms with Gasteiger partial charge >= 0.3 is 6.18 Å². The van der Waals surface area contributed by atoms with Crippen molar-refractivity contribution >= 4 is 10.0 Å². The fraction of sp³-hybridized carbons (Fsp3) is 0.478. The number of alkyl halides is 5. The van der Waals surface area contributed by atoms with Gasteiger partial charge in [-0.05, 0) is 50.5 Å². The van der Waals surface area contributed by atoms with Gasteiger partial charge in [-0.25, -0.2) is 31.9 Å². The monoisotopic (exact) mass is 542 g/mol. The van der Waals surface area contributed by atoms with Crippen molar-refractivity contribution in [2.24, 2.45) is 0 Å². The van der Waals surface area contributed by atoms with Gasteiger partial charge in [0.2, 0.25) is 10.0 Å². The number of benzene rings is 1. The number of halogens is 5. The van der Waals surface area contributed by atoms with Crippen LogP contribution >= 0.6 is 0 Å². The van der Waals surface area contributed by atoms with Gasteiger partial charge in [0.1, 0.15) is 18.0 Å². The van der Waals surface area contributed by atoms with Crippen LogP contribution in [0, 0.1) is 6.92 Å². The van der Waals surface area contributed by atoms with Crippen molar-refractivity contribution in [1.29, 1.82) is 0 Å². The van der Waals surface area contributed by atoms with Gasteiger partial charge < -0.3 is 4.57 Å². The first-order chi connectivity index (χ1) is 17.3. The quantitative estimate of drug-likeness (QED) is 0.455. The van der Waals surface area contributed by atoms with E-state index in [0.29, 0.717) is 17.7 Å². The Morgan fingerprint density at radius 3 is 2.54 bits per heavy atom. The molecule has 5 rings (SSSR count). The molecule has 1 N–H and O–H groups in total. The van der Waals surface area contributed by atoms with E-state index in [0.717, 1.165) is 25.0 Å². The van der Waals surface area contributed by atoms with E-state index in [1.54, 1.807) is 6.92 Å². The van der Waals surface area contributed by atoms with Crippen LogP contribution in [0.15, 0.2) is 41.7 Å². The molecule has 37 heavy (non-hydrogen) atoms. The van der Waals surface area contributed by atoms with Gasteiger partial charge in [-0.1, -0.05) is 0 Å². The van der Waals surface area contributed by atoms with E-state index in [9.17, 15) is 30.4 Å². The van der Waals surface area contributed by atoms with Gasteiger partial charge in [-0.15, -0.1) is 10.2 Å². The highest BCUT2D eigenvalue weighted by atomic mass is 32.2. The molecule has 0 amide bonds. The zero-order valence-electron chi connectivity index (χ0n) is 19.6. The van der Waals surface area contributed by atoms with Crippen molar-refractivity contribution in [2.75, 3.05) is 0 Å². The fourth-order valence-corrected chi connectivity index (χ4v) is 5.99. The largest absolute Gasteiger partial charge is 0.416 e. The summed E-state index contributed by atoms with van der Waals surface area (Å²) in [6.45, 7) is 1.59. The molecule has 1 aromatic carbocycles. The molecule has 0 spiro atoms. The van der Waals surface area contributed by atoms with E-state index in [-0.39, 0.29) is 23.6 Å². The third-order valence-corrected chi connectivity index (χ3v) is 8.06. The lowest BCUT2D eigenvalue weighted by Gasteiger charge is -2.35. The van der Waals surface area contributed by atoms with E-state index in [1.807, 2.05) is 0 Å². The Kier molecular flexibility index (Phi) is 6.29. The summed E-state index contributed by atoms with van der Waals surface area (Å²) in [6, 6.07) is 1.77. The Morgan fingerprint density at radius 1 is 1.14 bits per heavy atom. The molecule has 2 fully saturated rings. The molecule has 0 bridgehead atoms. The molecular weight excluding hydrogens is 519 g/mol. The van der Waals surface area contributed by atoms with E-state index in [1.165, 1.54) is 23.2 Å². The van der Waals surface area contributed by atoms with Crippen LogP contribution in [-0.4, -0.2) is 45.1 Å². The molecule has 2 aliphatic carbocycles. The van der Waals surface area contributed by atoms with Crippen LogP contribution in [0.4, 0.5) is 22.0 Å². The first-order valence-electron chi connectivity index (χ1n) is 11.6. The maximum absolute atomic E-state index is 14.6. The average Bonchev–Trinajstić information content (AvgIpc) is 3.57. The minimum atomic E-state index is -4.85. The molecule has 0 aliphatic heterocycles. The van der Waals surface area contributed by atoms with Crippen molar-refractivity contribution in [2.45, 2.75) is 74.0 Å².